The van der Waals surface area contributed by atoms with Gasteiger partial charge in [0.1, 0.15) is 0 Å². The summed E-state index contributed by atoms with van der Waals surface area (Å²) in [6, 6.07) is 53.8. The van der Waals surface area contributed by atoms with Crippen molar-refractivity contribution < 1.29 is 0 Å². The number of benzene rings is 8. The molecule has 66 heavy (non-hydrogen) atoms. The van der Waals surface area contributed by atoms with Crippen LogP contribution in [0, 0.1) is 0 Å². The summed E-state index contributed by atoms with van der Waals surface area (Å²) in [5.74, 6) is 0. The van der Waals surface area contributed by atoms with Gasteiger partial charge in [0, 0.05) is 69.9 Å². The second-order valence-electron chi connectivity index (χ2n) is 22.5. The van der Waals surface area contributed by atoms with Crippen LogP contribution in [-0.2, 0) is 21.7 Å². The lowest BCUT2D eigenvalue weighted by atomic mass is 9.57. The fraction of sp³-hybridized carbons (Fsp3) is 0.226. The molecule has 10 aromatic rings. The van der Waals surface area contributed by atoms with Gasteiger partial charge in [0.25, 0.3) is 0 Å². The Balaban J connectivity index is 1.20. The highest BCUT2D eigenvalue weighted by Gasteiger charge is 2.44. The molecule has 0 unspecified atom stereocenters. The fourth-order valence-corrected chi connectivity index (χ4v) is 13.4. The second-order valence-corrected chi connectivity index (χ2v) is 23.6. The summed E-state index contributed by atoms with van der Waals surface area (Å²) < 4.78 is 5.26. The third-order valence-electron chi connectivity index (χ3n) is 15.7. The summed E-state index contributed by atoms with van der Waals surface area (Å²) in [5, 5.41) is 9.39. The van der Waals surface area contributed by atoms with Gasteiger partial charge in [-0.1, -0.05) is 166 Å². The zero-order chi connectivity index (χ0) is 45.4. The molecule has 321 valence electrons. The van der Waals surface area contributed by atoms with Crippen LogP contribution in [0.3, 0.4) is 0 Å². The second kappa shape index (κ2) is 13.2. The molecule has 2 aromatic heterocycles. The molecule has 0 fully saturated rings. The average Bonchev–Trinajstić information content (AvgIpc) is 3.96. The minimum Gasteiger partial charge on any atom is -0.355 e. The molecule has 1 aliphatic heterocycles. The molecule has 0 atom stereocenters. The molecular weight excluding hydrogens is 816 g/mol. The molecule has 4 heteroatoms. The molecule has 0 saturated carbocycles. The molecule has 1 radical (unpaired) electrons. The first-order chi connectivity index (χ1) is 31.5. The van der Waals surface area contributed by atoms with Crippen LogP contribution in [0.4, 0.5) is 11.4 Å². The Labute approximate surface area is 393 Å². The number of fused-ring (bicyclic) bond motifs is 15. The molecule has 0 spiro atoms. The van der Waals surface area contributed by atoms with Crippen LogP contribution in [-0.4, -0.2) is 11.8 Å². The first-order valence-corrected chi connectivity index (χ1v) is 24.6. The number of thiophene rings is 1. The summed E-state index contributed by atoms with van der Waals surface area (Å²) in [6.07, 6.45) is 0. The zero-order valence-corrected chi connectivity index (χ0v) is 40.5. The molecule has 0 bridgehead atoms. The maximum absolute atomic E-state index is 4.06. The maximum Gasteiger partial charge on any atom is 0.197 e. The number of rotatable bonds is 3. The van der Waals surface area contributed by atoms with Crippen molar-refractivity contribution in [3.8, 4) is 39.1 Å². The Morgan fingerprint density at radius 1 is 0.530 bits per heavy atom. The Hall–Kier alpha value is -6.36. The maximum atomic E-state index is 4.06. The van der Waals surface area contributed by atoms with Gasteiger partial charge in [0.2, 0.25) is 0 Å². The van der Waals surface area contributed by atoms with E-state index in [9.17, 15) is 0 Å². The highest BCUT2D eigenvalue weighted by molar-refractivity contribution is 7.25. The number of hydrogen-bond acceptors (Lipinski definition) is 2. The van der Waals surface area contributed by atoms with Gasteiger partial charge < -0.3 is 9.88 Å². The Bertz CT molecular complexity index is 3770. The third-order valence-corrected chi connectivity index (χ3v) is 16.8. The van der Waals surface area contributed by atoms with Gasteiger partial charge >= 0.3 is 0 Å². The molecule has 3 aliphatic rings. The van der Waals surface area contributed by atoms with E-state index in [0.717, 1.165) is 11.4 Å². The van der Waals surface area contributed by atoms with Gasteiger partial charge in [-0.05, 0) is 126 Å². The van der Waals surface area contributed by atoms with Gasteiger partial charge in [-0.3, -0.25) is 0 Å². The number of aromatic nitrogens is 1. The summed E-state index contributed by atoms with van der Waals surface area (Å²) >= 11 is 1.89. The predicted octanol–water partition coefficient (Wildman–Crippen LogP) is 15.7. The van der Waals surface area contributed by atoms with Crippen molar-refractivity contribution in [3.05, 3.63) is 173 Å². The molecule has 1 N–H and O–H groups in total. The minimum absolute atomic E-state index is 0.0161. The fourth-order valence-electron chi connectivity index (χ4n) is 12.2. The largest absolute Gasteiger partial charge is 0.355 e. The van der Waals surface area contributed by atoms with Crippen LogP contribution < -0.4 is 16.2 Å². The lowest BCUT2D eigenvalue weighted by molar-refractivity contribution is 0.590. The third kappa shape index (κ3) is 5.37. The molecule has 2 aliphatic carbocycles. The van der Waals surface area contributed by atoms with E-state index in [1.165, 1.54) is 125 Å². The van der Waals surface area contributed by atoms with Crippen molar-refractivity contribution in [1.82, 2.24) is 4.57 Å². The lowest BCUT2D eigenvalue weighted by Gasteiger charge is -2.30. The number of hydrogen-bond donors (Lipinski definition) is 1. The van der Waals surface area contributed by atoms with E-state index in [4.69, 9.17) is 0 Å². The van der Waals surface area contributed by atoms with E-state index in [2.05, 4.69) is 226 Å². The monoisotopic (exact) mass is 869 g/mol. The van der Waals surface area contributed by atoms with Crippen molar-refractivity contribution in [2.75, 3.05) is 5.32 Å². The van der Waals surface area contributed by atoms with Crippen LogP contribution in [0.25, 0.3) is 81.0 Å². The van der Waals surface area contributed by atoms with Crippen molar-refractivity contribution in [2.24, 2.45) is 0 Å². The first kappa shape index (κ1) is 40.0. The summed E-state index contributed by atoms with van der Waals surface area (Å²) in [5.41, 5.74) is 24.5. The molecule has 2 nitrogen and oxygen atoms in total. The van der Waals surface area contributed by atoms with Crippen LogP contribution >= 0.6 is 11.3 Å². The predicted molar refractivity (Wildman–Crippen MR) is 286 cm³/mol. The van der Waals surface area contributed by atoms with Gasteiger partial charge in [-0.2, -0.15) is 0 Å². The first-order valence-electron chi connectivity index (χ1n) is 23.8. The van der Waals surface area contributed by atoms with E-state index in [1.807, 2.05) is 11.3 Å². The highest BCUT2D eigenvalue weighted by Crippen LogP contribution is 2.58. The molecule has 13 rings (SSSR count). The summed E-state index contributed by atoms with van der Waals surface area (Å²) in [7, 11) is 2.57. The highest BCUT2D eigenvalue weighted by atomic mass is 32.1. The molecular formula is C62H54BN2S. The van der Waals surface area contributed by atoms with Crippen LogP contribution in [0.5, 0.6) is 0 Å². The van der Waals surface area contributed by atoms with E-state index in [0.29, 0.717) is 0 Å². The minimum atomic E-state index is -0.271. The van der Waals surface area contributed by atoms with E-state index in [1.54, 1.807) is 0 Å². The summed E-state index contributed by atoms with van der Waals surface area (Å²) in [6.45, 7) is 23.7. The lowest BCUT2D eigenvalue weighted by Crippen LogP contribution is -2.38. The van der Waals surface area contributed by atoms with Gasteiger partial charge in [0.15, 0.2) is 7.28 Å². The van der Waals surface area contributed by atoms with Gasteiger partial charge in [0.05, 0.1) is 5.52 Å². The normalized spacial score (nSPS) is 15.2. The molecule has 3 heterocycles. The number of nitrogens with zero attached hydrogens (tertiary/aromatic N) is 1. The average molecular weight is 870 g/mol. The Morgan fingerprint density at radius 2 is 1.20 bits per heavy atom. The number of anilines is 2. The van der Waals surface area contributed by atoms with Crippen molar-refractivity contribution >= 4 is 82.9 Å². The van der Waals surface area contributed by atoms with Crippen LogP contribution in [0.15, 0.2) is 140 Å². The van der Waals surface area contributed by atoms with E-state index >= 15 is 0 Å². The van der Waals surface area contributed by atoms with E-state index in [-0.39, 0.29) is 21.7 Å². The zero-order valence-electron chi connectivity index (χ0n) is 39.7. The standard InChI is InChI=1S/C62H54BN2S/c1-59(2,3)34-23-26-36(27-24-34)64-48-33-52-41(38-18-13-16-22-51(38)66-52)30-42(48)54-53-39-19-12-15-21-45(39)62(9,10)56(53)55-43-29-35(60(4,5)6)25-28-49(43)65-50-31-40-37-17-11-14-20-44(37)61(7,8)46(40)32-47(50)63-57(54)58(55)65/h11-33,64H,1-10H3. The smallest absolute Gasteiger partial charge is 0.197 e. The molecule has 8 aromatic carbocycles. The molecule has 0 saturated heterocycles. The Morgan fingerprint density at radius 3 is 1.94 bits per heavy atom. The van der Waals surface area contributed by atoms with Crippen LogP contribution in [0.1, 0.15) is 103 Å². The molecule has 0 amide bonds. The van der Waals surface area contributed by atoms with Gasteiger partial charge in [-0.25, -0.2) is 0 Å². The van der Waals surface area contributed by atoms with E-state index < -0.39 is 0 Å². The summed E-state index contributed by atoms with van der Waals surface area (Å²) in [4.78, 5) is 0. The van der Waals surface area contributed by atoms with Crippen LogP contribution in [0.2, 0.25) is 0 Å². The topological polar surface area (TPSA) is 17.0 Å². The van der Waals surface area contributed by atoms with Gasteiger partial charge in [-0.15, -0.1) is 11.3 Å². The Kier molecular flexibility index (Phi) is 7.97. The SMILES string of the molecule is CC(C)(C)c1ccc(Nc2cc3sc4ccccc4c3cc2-c2c3c(c4c5cc(C(C)(C)C)ccc5n5c4c2[B]c2cc4c(cc2-5)-c2ccccc2C4(C)C)C(C)(C)c2ccccc2-3)cc1. The van der Waals surface area contributed by atoms with Crippen molar-refractivity contribution in [2.45, 2.75) is 90.9 Å². The number of nitrogens with one attached hydrogen (secondary N) is 1. The van der Waals surface area contributed by atoms with Crippen molar-refractivity contribution in [3.63, 3.8) is 0 Å². The van der Waals surface area contributed by atoms with Crippen molar-refractivity contribution in [1.29, 1.82) is 0 Å². The quantitative estimate of drug-likeness (QED) is 0.175.